The summed E-state index contributed by atoms with van der Waals surface area (Å²) in [6, 6.07) is 4.40. The van der Waals surface area contributed by atoms with E-state index in [2.05, 4.69) is 0 Å². The van der Waals surface area contributed by atoms with Gasteiger partial charge >= 0.3 is 0 Å². The highest BCUT2D eigenvalue weighted by molar-refractivity contribution is 14.1. The molecule has 5 heteroatoms. The van der Waals surface area contributed by atoms with Crippen LogP contribution in [0.4, 0.5) is 5.69 Å². The van der Waals surface area contributed by atoms with Gasteiger partial charge in [-0.05, 0) is 22.6 Å². The molecule has 0 saturated heterocycles. The number of benzene rings is 1. The van der Waals surface area contributed by atoms with E-state index in [0.717, 1.165) is 0 Å². The third kappa shape index (κ3) is 1.60. The van der Waals surface area contributed by atoms with Gasteiger partial charge in [-0.1, -0.05) is 12.1 Å². The molecule has 1 aromatic carbocycles. The highest BCUT2D eigenvalue weighted by Crippen LogP contribution is 2.22. The van der Waals surface area contributed by atoms with Crippen molar-refractivity contribution in [1.82, 2.24) is 0 Å². The van der Waals surface area contributed by atoms with Crippen LogP contribution in [0.5, 0.6) is 0 Å². The molecule has 0 N–H and O–H groups in total. The van der Waals surface area contributed by atoms with Crippen molar-refractivity contribution >= 4 is 34.6 Å². The monoisotopic (exact) mass is 277 g/mol. The van der Waals surface area contributed by atoms with Gasteiger partial charge in [0, 0.05) is 11.6 Å². The number of hydrogen-bond acceptors (Lipinski definition) is 3. The van der Waals surface area contributed by atoms with Crippen molar-refractivity contribution in [3.05, 3.63) is 37.4 Å². The van der Waals surface area contributed by atoms with Gasteiger partial charge < -0.3 is 0 Å². The minimum absolute atomic E-state index is 0.0276. The van der Waals surface area contributed by atoms with E-state index in [-0.39, 0.29) is 5.69 Å². The highest BCUT2D eigenvalue weighted by atomic mass is 127. The number of nitrogens with zero attached hydrogens (tertiary/aromatic N) is 1. The molecule has 0 atom stereocenters. The first-order valence-electron chi connectivity index (χ1n) is 3.05. The average Bonchev–Trinajstić information content (AvgIpc) is 2.04. The normalized spacial score (nSPS) is 9.42. The van der Waals surface area contributed by atoms with Crippen molar-refractivity contribution in [3.63, 3.8) is 0 Å². The molecule has 0 fully saturated rings. The van der Waals surface area contributed by atoms with Crippen molar-refractivity contribution in [2.45, 2.75) is 0 Å². The van der Waals surface area contributed by atoms with Gasteiger partial charge in [0.25, 0.3) is 5.69 Å². The van der Waals surface area contributed by atoms with Crippen LogP contribution in [0.25, 0.3) is 0 Å². The van der Waals surface area contributed by atoms with E-state index in [0.29, 0.717) is 15.4 Å². The molecule has 0 spiro atoms. The summed E-state index contributed by atoms with van der Waals surface area (Å²) < 4.78 is 0.384. The lowest BCUT2D eigenvalue weighted by Crippen LogP contribution is -1.94. The molecule has 0 bridgehead atoms. The van der Waals surface area contributed by atoms with E-state index in [9.17, 15) is 14.9 Å². The van der Waals surface area contributed by atoms with Crippen molar-refractivity contribution in [3.8, 4) is 0 Å². The molecular weight excluding hydrogens is 273 g/mol. The van der Waals surface area contributed by atoms with E-state index in [1.807, 2.05) is 0 Å². The van der Waals surface area contributed by atoms with Gasteiger partial charge in [-0.2, -0.15) is 0 Å². The molecule has 0 amide bonds. The van der Waals surface area contributed by atoms with Crippen molar-refractivity contribution in [1.29, 1.82) is 0 Å². The maximum atomic E-state index is 10.4. The Labute approximate surface area is 81.9 Å². The number of rotatable bonds is 2. The van der Waals surface area contributed by atoms with E-state index in [4.69, 9.17) is 0 Å². The van der Waals surface area contributed by atoms with Gasteiger partial charge in [0.1, 0.15) is 3.57 Å². The van der Waals surface area contributed by atoms with E-state index < -0.39 is 4.92 Å². The smallest absolute Gasteiger partial charge is 0.283 e. The number of carbonyl (C=O) groups is 1. The number of nitro benzene ring substituents is 1. The molecule has 1 aromatic rings. The molecule has 4 nitrogen and oxygen atoms in total. The van der Waals surface area contributed by atoms with E-state index >= 15 is 0 Å². The standard InChI is InChI=1S/C7H4INO3/c8-7-5(4-10)2-1-3-6(7)9(11)12/h1-4H. The van der Waals surface area contributed by atoms with Gasteiger partial charge in [0.15, 0.2) is 6.29 Å². The Bertz CT molecular complexity index is 337. The number of hydrogen-bond donors (Lipinski definition) is 0. The second-order valence-electron chi connectivity index (χ2n) is 2.06. The van der Waals surface area contributed by atoms with E-state index in [1.165, 1.54) is 12.1 Å². The lowest BCUT2D eigenvalue weighted by Gasteiger charge is -1.96. The zero-order valence-corrected chi connectivity index (χ0v) is 8.02. The molecule has 0 unspecified atom stereocenters. The maximum absolute atomic E-state index is 10.4. The number of halogens is 1. The predicted molar refractivity (Wildman–Crippen MR) is 51.2 cm³/mol. The predicted octanol–water partition coefficient (Wildman–Crippen LogP) is 2.01. The largest absolute Gasteiger partial charge is 0.298 e. The number of nitro groups is 1. The molecule has 62 valence electrons. The van der Waals surface area contributed by atoms with Crippen LogP contribution >= 0.6 is 22.6 Å². The zero-order valence-electron chi connectivity index (χ0n) is 5.86. The van der Waals surface area contributed by atoms with Gasteiger partial charge in [0.2, 0.25) is 0 Å². The number of aldehydes is 1. The third-order valence-corrected chi connectivity index (χ3v) is 2.51. The molecule has 1 rings (SSSR count). The molecule has 0 aliphatic rings. The quantitative estimate of drug-likeness (QED) is 0.359. The fourth-order valence-electron chi connectivity index (χ4n) is 0.769. The Hall–Kier alpha value is -0.980. The SMILES string of the molecule is O=Cc1cccc([N+](=O)[O-])c1I. The summed E-state index contributed by atoms with van der Waals surface area (Å²) in [6.07, 6.45) is 0.606. The Morgan fingerprint density at radius 2 is 2.17 bits per heavy atom. The molecule has 0 aromatic heterocycles. The van der Waals surface area contributed by atoms with Crippen LogP contribution in [0.3, 0.4) is 0 Å². The van der Waals surface area contributed by atoms with Crippen LogP contribution in [-0.2, 0) is 0 Å². The summed E-state index contributed by atoms with van der Waals surface area (Å²) >= 11 is 1.78. The van der Waals surface area contributed by atoms with Crippen molar-refractivity contribution in [2.24, 2.45) is 0 Å². The molecule has 0 radical (unpaired) electrons. The topological polar surface area (TPSA) is 60.2 Å². The Kier molecular flexibility index (Phi) is 2.74. The minimum Gasteiger partial charge on any atom is -0.298 e. The van der Waals surface area contributed by atoms with Crippen LogP contribution < -0.4 is 0 Å². The lowest BCUT2D eigenvalue weighted by atomic mass is 10.2. The summed E-state index contributed by atoms with van der Waals surface area (Å²) in [5.74, 6) is 0. The zero-order chi connectivity index (χ0) is 9.14. The number of carbonyl (C=O) groups excluding carboxylic acids is 1. The molecule has 0 aliphatic carbocycles. The molecule has 0 saturated carbocycles. The van der Waals surface area contributed by atoms with Crippen molar-refractivity contribution in [2.75, 3.05) is 0 Å². The summed E-state index contributed by atoms with van der Waals surface area (Å²) in [5, 5.41) is 10.4. The second kappa shape index (κ2) is 3.61. The van der Waals surface area contributed by atoms with Crippen LogP contribution in [-0.4, -0.2) is 11.2 Å². The first kappa shape index (κ1) is 9.11. The fourth-order valence-corrected chi connectivity index (χ4v) is 1.45. The van der Waals surface area contributed by atoms with Gasteiger partial charge in [0.05, 0.1) is 4.92 Å². The van der Waals surface area contributed by atoms with Gasteiger partial charge in [-0.3, -0.25) is 14.9 Å². The first-order chi connectivity index (χ1) is 5.66. The van der Waals surface area contributed by atoms with Crippen molar-refractivity contribution < 1.29 is 9.72 Å². The molecule has 0 heterocycles. The Balaban J connectivity index is 3.32. The van der Waals surface area contributed by atoms with Crippen LogP contribution in [0.15, 0.2) is 18.2 Å². The lowest BCUT2D eigenvalue weighted by molar-refractivity contribution is -0.385. The molecular formula is C7H4INO3. The second-order valence-corrected chi connectivity index (χ2v) is 3.13. The van der Waals surface area contributed by atoms with E-state index in [1.54, 1.807) is 28.7 Å². The van der Waals surface area contributed by atoms with Gasteiger partial charge in [-0.15, -0.1) is 0 Å². The highest BCUT2D eigenvalue weighted by Gasteiger charge is 2.13. The van der Waals surface area contributed by atoms with Crippen LogP contribution in [0, 0.1) is 13.7 Å². The fraction of sp³-hybridized carbons (Fsp3) is 0. The summed E-state index contributed by atoms with van der Waals surface area (Å²) in [6.45, 7) is 0. The summed E-state index contributed by atoms with van der Waals surface area (Å²) in [7, 11) is 0. The summed E-state index contributed by atoms with van der Waals surface area (Å²) in [4.78, 5) is 20.2. The molecule has 0 aliphatic heterocycles. The minimum atomic E-state index is -0.505. The van der Waals surface area contributed by atoms with Crippen LogP contribution in [0.1, 0.15) is 10.4 Å². The maximum Gasteiger partial charge on any atom is 0.283 e. The summed E-state index contributed by atoms with van der Waals surface area (Å²) in [5.41, 5.74) is 0.324. The third-order valence-electron chi connectivity index (χ3n) is 1.33. The average molecular weight is 277 g/mol. The van der Waals surface area contributed by atoms with Crippen LogP contribution in [0.2, 0.25) is 0 Å². The Morgan fingerprint density at radius 3 is 2.67 bits per heavy atom. The van der Waals surface area contributed by atoms with Gasteiger partial charge in [-0.25, -0.2) is 0 Å². The first-order valence-corrected chi connectivity index (χ1v) is 4.12. The molecule has 12 heavy (non-hydrogen) atoms. The Morgan fingerprint density at radius 1 is 1.50 bits per heavy atom.